The minimum Gasteiger partial charge on any atom is -0.501 e. The predicted molar refractivity (Wildman–Crippen MR) is 118 cm³/mol. The Bertz CT molecular complexity index is 833. The Labute approximate surface area is 183 Å². The van der Waals surface area contributed by atoms with E-state index in [-0.39, 0.29) is 5.41 Å². The van der Waals surface area contributed by atoms with Crippen molar-refractivity contribution in [1.82, 2.24) is 0 Å². The van der Waals surface area contributed by atoms with Crippen LogP contribution in [0.25, 0.3) is 0 Å². The van der Waals surface area contributed by atoms with Gasteiger partial charge in [-0.2, -0.15) is 0 Å². The van der Waals surface area contributed by atoms with Crippen molar-refractivity contribution in [3.63, 3.8) is 0 Å². The number of carbonyl (C=O) groups excluding carboxylic acids is 2. The van der Waals surface area contributed by atoms with E-state index in [1.165, 1.54) is 24.7 Å². The van der Waals surface area contributed by atoms with Gasteiger partial charge in [0.1, 0.15) is 11.5 Å². The predicted octanol–water partition coefficient (Wildman–Crippen LogP) is 4.92. The van der Waals surface area contributed by atoms with Crippen LogP contribution in [-0.4, -0.2) is 25.2 Å². The van der Waals surface area contributed by atoms with Crippen LogP contribution < -0.4 is 9.47 Å². The molecule has 0 bridgehead atoms. The summed E-state index contributed by atoms with van der Waals surface area (Å²) in [6.07, 6.45) is 5.11. The number of hydrogen-bond donors (Lipinski definition) is 0. The van der Waals surface area contributed by atoms with Gasteiger partial charge < -0.3 is 18.9 Å². The fourth-order valence-corrected chi connectivity index (χ4v) is 2.75. The van der Waals surface area contributed by atoms with Crippen molar-refractivity contribution in [3.05, 3.63) is 84.3 Å². The standard InChI is InChI=1S/C25H28O6/c1-5-28-17-15-23(26)30-21-11-7-19(8-12-21)25(3,4)20-9-13-22(14-10-20)31-24(27)16-18-29-6-2/h7-18H,5-6H2,1-4H3. The lowest BCUT2D eigenvalue weighted by atomic mass is 9.78. The van der Waals surface area contributed by atoms with Crippen LogP contribution in [0.1, 0.15) is 38.8 Å². The van der Waals surface area contributed by atoms with Crippen molar-refractivity contribution < 1.29 is 28.5 Å². The van der Waals surface area contributed by atoms with Gasteiger partial charge in [0.15, 0.2) is 0 Å². The largest absolute Gasteiger partial charge is 0.501 e. The van der Waals surface area contributed by atoms with Crippen molar-refractivity contribution >= 4 is 11.9 Å². The number of benzene rings is 2. The summed E-state index contributed by atoms with van der Waals surface area (Å²) in [5.74, 6) is -0.0930. The summed E-state index contributed by atoms with van der Waals surface area (Å²) >= 11 is 0. The van der Waals surface area contributed by atoms with E-state index in [1.807, 2.05) is 38.1 Å². The van der Waals surface area contributed by atoms with E-state index in [1.54, 1.807) is 24.3 Å². The molecular formula is C25H28O6. The maximum Gasteiger partial charge on any atom is 0.339 e. The van der Waals surface area contributed by atoms with E-state index >= 15 is 0 Å². The molecule has 6 heteroatoms. The Kier molecular flexibility index (Phi) is 8.88. The fourth-order valence-electron chi connectivity index (χ4n) is 2.75. The Morgan fingerprint density at radius 3 is 1.39 bits per heavy atom. The first-order valence-electron chi connectivity index (χ1n) is 10.1. The van der Waals surface area contributed by atoms with E-state index < -0.39 is 11.9 Å². The minimum atomic E-state index is -0.498. The summed E-state index contributed by atoms with van der Waals surface area (Å²) in [5, 5.41) is 0. The molecule has 2 aromatic carbocycles. The summed E-state index contributed by atoms with van der Waals surface area (Å²) in [6, 6.07) is 14.7. The van der Waals surface area contributed by atoms with Crippen molar-refractivity contribution in [3.8, 4) is 11.5 Å². The van der Waals surface area contributed by atoms with Crippen LogP contribution >= 0.6 is 0 Å². The maximum atomic E-state index is 11.7. The second-order valence-corrected chi connectivity index (χ2v) is 7.03. The third kappa shape index (κ3) is 7.33. The van der Waals surface area contributed by atoms with Crippen molar-refractivity contribution in [2.75, 3.05) is 13.2 Å². The van der Waals surface area contributed by atoms with Gasteiger partial charge >= 0.3 is 11.9 Å². The van der Waals surface area contributed by atoms with Gasteiger partial charge in [-0.3, -0.25) is 0 Å². The molecule has 0 saturated heterocycles. The van der Waals surface area contributed by atoms with Crippen LogP contribution in [0.5, 0.6) is 11.5 Å². The average Bonchev–Trinajstić information content (AvgIpc) is 2.75. The highest BCUT2D eigenvalue weighted by Crippen LogP contribution is 2.33. The Morgan fingerprint density at radius 1 is 0.710 bits per heavy atom. The molecule has 0 N–H and O–H groups in total. The van der Waals surface area contributed by atoms with Crippen LogP contribution in [0.4, 0.5) is 0 Å². The molecule has 0 unspecified atom stereocenters. The molecule has 0 heterocycles. The lowest BCUT2D eigenvalue weighted by Gasteiger charge is -2.26. The highest BCUT2D eigenvalue weighted by molar-refractivity contribution is 5.84. The summed E-state index contributed by atoms with van der Waals surface area (Å²) in [7, 11) is 0. The molecule has 0 aliphatic rings. The van der Waals surface area contributed by atoms with E-state index in [0.717, 1.165) is 11.1 Å². The van der Waals surface area contributed by atoms with E-state index in [0.29, 0.717) is 24.7 Å². The highest BCUT2D eigenvalue weighted by atomic mass is 16.5. The highest BCUT2D eigenvalue weighted by Gasteiger charge is 2.23. The van der Waals surface area contributed by atoms with E-state index in [9.17, 15) is 9.59 Å². The molecule has 0 aliphatic carbocycles. The molecule has 0 atom stereocenters. The van der Waals surface area contributed by atoms with Gasteiger partial charge in [0.25, 0.3) is 0 Å². The van der Waals surface area contributed by atoms with Gasteiger partial charge in [-0.05, 0) is 49.2 Å². The molecule has 0 aliphatic heterocycles. The molecule has 164 valence electrons. The van der Waals surface area contributed by atoms with Crippen LogP contribution in [0.15, 0.2) is 73.2 Å². The zero-order valence-corrected chi connectivity index (χ0v) is 18.3. The number of esters is 2. The quantitative estimate of drug-likeness (QED) is 0.233. The molecule has 0 radical (unpaired) electrons. The van der Waals surface area contributed by atoms with Crippen molar-refractivity contribution in [2.24, 2.45) is 0 Å². The zero-order chi connectivity index (χ0) is 22.7. The zero-order valence-electron chi connectivity index (χ0n) is 18.3. The number of ether oxygens (including phenoxy) is 4. The molecule has 0 fully saturated rings. The average molecular weight is 424 g/mol. The molecule has 0 aromatic heterocycles. The SMILES string of the molecule is CCOC=CC(=O)Oc1ccc(C(C)(C)c2ccc(OC(=O)C=COCC)cc2)cc1. The van der Waals surface area contributed by atoms with Gasteiger partial charge in [-0.25, -0.2) is 9.59 Å². The third-order valence-corrected chi connectivity index (χ3v) is 4.52. The van der Waals surface area contributed by atoms with Crippen LogP contribution in [-0.2, 0) is 24.5 Å². The molecular weight excluding hydrogens is 396 g/mol. The lowest BCUT2D eigenvalue weighted by Crippen LogP contribution is -2.18. The van der Waals surface area contributed by atoms with Crippen molar-refractivity contribution in [2.45, 2.75) is 33.1 Å². The minimum absolute atomic E-state index is 0.311. The fraction of sp³-hybridized carbons (Fsp3) is 0.280. The van der Waals surface area contributed by atoms with Gasteiger partial charge in [-0.1, -0.05) is 38.1 Å². The normalized spacial score (nSPS) is 11.5. The topological polar surface area (TPSA) is 71.1 Å². The second kappa shape index (κ2) is 11.6. The number of rotatable bonds is 10. The van der Waals surface area contributed by atoms with E-state index in [2.05, 4.69) is 13.8 Å². The molecule has 6 nitrogen and oxygen atoms in total. The monoisotopic (exact) mass is 424 g/mol. The smallest absolute Gasteiger partial charge is 0.339 e. The second-order valence-electron chi connectivity index (χ2n) is 7.03. The first kappa shape index (κ1) is 23.7. The van der Waals surface area contributed by atoms with Crippen LogP contribution in [0.2, 0.25) is 0 Å². The first-order chi connectivity index (χ1) is 14.9. The summed E-state index contributed by atoms with van der Waals surface area (Å²) in [4.78, 5) is 23.5. The van der Waals surface area contributed by atoms with Gasteiger partial charge in [0.2, 0.25) is 0 Å². The summed E-state index contributed by atoms with van der Waals surface area (Å²) in [5.41, 5.74) is 1.78. The first-order valence-corrected chi connectivity index (χ1v) is 10.1. The number of carbonyl (C=O) groups is 2. The molecule has 0 saturated carbocycles. The Hall–Kier alpha value is -3.54. The van der Waals surface area contributed by atoms with Crippen molar-refractivity contribution in [1.29, 1.82) is 0 Å². The molecule has 2 rings (SSSR count). The lowest BCUT2D eigenvalue weighted by molar-refractivity contribution is -0.130. The third-order valence-electron chi connectivity index (χ3n) is 4.52. The van der Waals surface area contributed by atoms with Crippen LogP contribution in [0, 0.1) is 0 Å². The van der Waals surface area contributed by atoms with Crippen LogP contribution in [0.3, 0.4) is 0 Å². The number of hydrogen-bond acceptors (Lipinski definition) is 6. The Morgan fingerprint density at radius 2 is 1.06 bits per heavy atom. The summed E-state index contributed by atoms with van der Waals surface area (Å²) < 4.78 is 20.5. The molecule has 0 spiro atoms. The molecule has 0 amide bonds. The molecule has 2 aromatic rings. The molecule has 31 heavy (non-hydrogen) atoms. The van der Waals surface area contributed by atoms with Gasteiger partial charge in [0, 0.05) is 5.41 Å². The maximum absolute atomic E-state index is 11.7. The van der Waals surface area contributed by atoms with E-state index in [4.69, 9.17) is 18.9 Å². The van der Waals surface area contributed by atoms with Gasteiger partial charge in [-0.15, -0.1) is 0 Å². The van der Waals surface area contributed by atoms with Gasteiger partial charge in [0.05, 0.1) is 37.9 Å². The summed E-state index contributed by atoms with van der Waals surface area (Å²) in [6.45, 7) is 8.81. The Balaban J connectivity index is 2.04.